The number of nitrogens with zero attached hydrogens (tertiary/aromatic N) is 1. The summed E-state index contributed by atoms with van der Waals surface area (Å²) in [6.07, 6.45) is 0. The Hall–Kier alpha value is -1.98. The van der Waals surface area contributed by atoms with Gasteiger partial charge in [0.2, 0.25) is 0 Å². The van der Waals surface area contributed by atoms with Gasteiger partial charge in [-0.1, -0.05) is 12.1 Å². The summed E-state index contributed by atoms with van der Waals surface area (Å²) in [6, 6.07) is 4.20. The normalized spacial score (nSPS) is 13.2. The molecule has 4 N–H and O–H groups in total. The first kappa shape index (κ1) is 13.1. The molecular weight excluding hydrogens is 225 g/mol. The molecule has 17 heavy (non-hydrogen) atoms. The summed E-state index contributed by atoms with van der Waals surface area (Å²) in [5.41, 5.74) is 6.10. The number of anilines is 1. The SMILES string of the molecule is COc1cc(F)ccc1NCC(C)C(N)=NO. The maximum Gasteiger partial charge on any atom is 0.144 e. The summed E-state index contributed by atoms with van der Waals surface area (Å²) >= 11 is 0. The maximum absolute atomic E-state index is 12.9. The highest BCUT2D eigenvalue weighted by atomic mass is 19.1. The number of oxime groups is 1. The van der Waals surface area contributed by atoms with Crippen LogP contribution in [0, 0.1) is 11.7 Å². The van der Waals surface area contributed by atoms with Gasteiger partial charge in [-0.3, -0.25) is 0 Å². The third kappa shape index (κ3) is 3.51. The van der Waals surface area contributed by atoms with E-state index in [2.05, 4.69) is 10.5 Å². The van der Waals surface area contributed by atoms with Crippen LogP contribution in [0.1, 0.15) is 6.92 Å². The second-order valence-electron chi connectivity index (χ2n) is 3.65. The molecule has 1 rings (SSSR count). The second kappa shape index (κ2) is 5.93. The van der Waals surface area contributed by atoms with E-state index in [1.165, 1.54) is 19.2 Å². The maximum atomic E-state index is 12.9. The van der Waals surface area contributed by atoms with Crippen LogP contribution in [-0.4, -0.2) is 24.7 Å². The van der Waals surface area contributed by atoms with E-state index in [0.29, 0.717) is 18.0 Å². The Morgan fingerprint density at radius 1 is 1.65 bits per heavy atom. The Morgan fingerprint density at radius 3 is 2.94 bits per heavy atom. The molecule has 6 heteroatoms. The fraction of sp³-hybridized carbons (Fsp3) is 0.364. The lowest BCUT2D eigenvalue weighted by atomic mass is 10.1. The molecule has 94 valence electrons. The number of nitrogens with two attached hydrogens (primary N) is 1. The van der Waals surface area contributed by atoms with Crippen LogP contribution >= 0.6 is 0 Å². The van der Waals surface area contributed by atoms with Gasteiger partial charge in [0, 0.05) is 18.5 Å². The smallest absolute Gasteiger partial charge is 0.144 e. The van der Waals surface area contributed by atoms with Gasteiger partial charge in [0.25, 0.3) is 0 Å². The van der Waals surface area contributed by atoms with E-state index in [1.807, 2.05) is 0 Å². The first-order valence-electron chi connectivity index (χ1n) is 5.13. The van der Waals surface area contributed by atoms with Gasteiger partial charge in [-0.2, -0.15) is 0 Å². The molecule has 0 fully saturated rings. The van der Waals surface area contributed by atoms with Gasteiger partial charge < -0.3 is 21.0 Å². The Morgan fingerprint density at radius 2 is 2.35 bits per heavy atom. The van der Waals surface area contributed by atoms with E-state index in [1.54, 1.807) is 13.0 Å². The van der Waals surface area contributed by atoms with E-state index in [-0.39, 0.29) is 17.6 Å². The second-order valence-corrected chi connectivity index (χ2v) is 3.65. The summed E-state index contributed by atoms with van der Waals surface area (Å²) < 4.78 is 18.0. The fourth-order valence-corrected chi connectivity index (χ4v) is 1.28. The topological polar surface area (TPSA) is 79.9 Å². The van der Waals surface area contributed by atoms with Crippen molar-refractivity contribution < 1.29 is 14.3 Å². The molecule has 1 aromatic rings. The number of amidine groups is 1. The lowest BCUT2D eigenvalue weighted by Crippen LogP contribution is -2.27. The predicted octanol–water partition coefficient (Wildman–Crippen LogP) is 1.63. The van der Waals surface area contributed by atoms with Gasteiger partial charge in [-0.25, -0.2) is 4.39 Å². The van der Waals surface area contributed by atoms with Crippen molar-refractivity contribution in [1.29, 1.82) is 0 Å². The third-order valence-electron chi connectivity index (χ3n) is 2.38. The van der Waals surface area contributed by atoms with Crippen molar-refractivity contribution >= 4 is 11.5 Å². The first-order chi connectivity index (χ1) is 8.08. The van der Waals surface area contributed by atoms with Crippen LogP contribution in [-0.2, 0) is 0 Å². The van der Waals surface area contributed by atoms with Crippen molar-refractivity contribution in [3.8, 4) is 5.75 Å². The van der Waals surface area contributed by atoms with Crippen LogP contribution in [0.4, 0.5) is 10.1 Å². The zero-order valence-electron chi connectivity index (χ0n) is 9.77. The number of ether oxygens (including phenoxy) is 1. The van der Waals surface area contributed by atoms with E-state index in [9.17, 15) is 4.39 Å². The number of methoxy groups -OCH3 is 1. The molecule has 0 spiro atoms. The third-order valence-corrected chi connectivity index (χ3v) is 2.38. The molecule has 5 nitrogen and oxygen atoms in total. The molecule has 0 amide bonds. The van der Waals surface area contributed by atoms with Gasteiger partial charge in [0.15, 0.2) is 0 Å². The lowest BCUT2D eigenvalue weighted by molar-refractivity contribution is 0.315. The largest absolute Gasteiger partial charge is 0.494 e. The lowest BCUT2D eigenvalue weighted by Gasteiger charge is -2.14. The van der Waals surface area contributed by atoms with Crippen molar-refractivity contribution in [3.05, 3.63) is 24.0 Å². The average Bonchev–Trinajstić information content (AvgIpc) is 2.35. The Balaban J connectivity index is 2.69. The molecule has 0 aliphatic rings. The molecule has 0 radical (unpaired) electrons. The summed E-state index contributed by atoms with van der Waals surface area (Å²) in [7, 11) is 1.47. The van der Waals surface area contributed by atoms with Crippen molar-refractivity contribution in [3.63, 3.8) is 0 Å². The minimum atomic E-state index is -0.364. The molecule has 0 saturated carbocycles. The highest BCUT2D eigenvalue weighted by Crippen LogP contribution is 2.24. The number of hydrogen-bond acceptors (Lipinski definition) is 4. The zero-order valence-corrected chi connectivity index (χ0v) is 9.77. The summed E-state index contributed by atoms with van der Waals surface area (Å²) in [4.78, 5) is 0. The molecule has 0 aliphatic carbocycles. The van der Waals surface area contributed by atoms with Crippen molar-refractivity contribution in [2.45, 2.75) is 6.92 Å². The summed E-state index contributed by atoms with van der Waals surface area (Å²) in [5, 5.41) is 14.5. The molecule has 0 bridgehead atoms. The minimum Gasteiger partial charge on any atom is -0.494 e. The van der Waals surface area contributed by atoms with Crippen molar-refractivity contribution in [2.75, 3.05) is 19.0 Å². The summed E-state index contributed by atoms with van der Waals surface area (Å²) in [5.74, 6) is 0.0435. The van der Waals surface area contributed by atoms with Gasteiger partial charge in [0.05, 0.1) is 12.8 Å². The molecule has 0 aromatic heterocycles. The van der Waals surface area contributed by atoms with Crippen LogP contribution in [0.5, 0.6) is 5.75 Å². The Kier molecular flexibility index (Phi) is 4.56. The Labute approximate surface area is 99.1 Å². The highest BCUT2D eigenvalue weighted by Gasteiger charge is 2.09. The highest BCUT2D eigenvalue weighted by molar-refractivity contribution is 5.82. The van der Waals surface area contributed by atoms with Crippen LogP contribution in [0.25, 0.3) is 0 Å². The zero-order chi connectivity index (χ0) is 12.8. The van der Waals surface area contributed by atoms with Crippen LogP contribution in [0.3, 0.4) is 0 Å². The number of halogens is 1. The van der Waals surface area contributed by atoms with Crippen LogP contribution in [0.2, 0.25) is 0 Å². The van der Waals surface area contributed by atoms with Gasteiger partial charge in [0.1, 0.15) is 17.4 Å². The van der Waals surface area contributed by atoms with Crippen LogP contribution < -0.4 is 15.8 Å². The number of nitrogens with one attached hydrogen (secondary N) is 1. The first-order valence-corrected chi connectivity index (χ1v) is 5.13. The number of benzene rings is 1. The predicted molar refractivity (Wildman–Crippen MR) is 64.0 cm³/mol. The van der Waals surface area contributed by atoms with E-state index in [0.717, 1.165) is 0 Å². The molecule has 1 unspecified atom stereocenters. The molecule has 1 aromatic carbocycles. The van der Waals surface area contributed by atoms with Crippen molar-refractivity contribution in [1.82, 2.24) is 0 Å². The van der Waals surface area contributed by atoms with Crippen LogP contribution in [0.15, 0.2) is 23.4 Å². The monoisotopic (exact) mass is 241 g/mol. The van der Waals surface area contributed by atoms with Gasteiger partial charge in [-0.15, -0.1) is 0 Å². The van der Waals surface area contributed by atoms with E-state index >= 15 is 0 Å². The van der Waals surface area contributed by atoms with E-state index < -0.39 is 0 Å². The molecule has 0 heterocycles. The van der Waals surface area contributed by atoms with Gasteiger partial charge >= 0.3 is 0 Å². The van der Waals surface area contributed by atoms with E-state index in [4.69, 9.17) is 15.7 Å². The number of hydrogen-bond donors (Lipinski definition) is 3. The van der Waals surface area contributed by atoms with Gasteiger partial charge in [-0.05, 0) is 12.1 Å². The fourth-order valence-electron chi connectivity index (χ4n) is 1.28. The molecule has 0 aliphatic heterocycles. The Bertz CT molecular complexity index is 410. The molecule has 1 atom stereocenters. The summed E-state index contributed by atoms with van der Waals surface area (Å²) in [6.45, 7) is 2.26. The average molecular weight is 241 g/mol. The number of rotatable bonds is 5. The standard InChI is InChI=1S/C11H16FN3O2/c1-7(11(13)15-16)6-14-9-4-3-8(12)5-10(9)17-2/h3-5,7,14,16H,6H2,1-2H3,(H2,13,15). The molecular formula is C11H16FN3O2. The quantitative estimate of drug-likeness (QED) is 0.317. The van der Waals surface area contributed by atoms with Crippen molar-refractivity contribution in [2.24, 2.45) is 16.8 Å². The molecule has 0 saturated heterocycles. The minimum absolute atomic E-state index is 0.138.